The van der Waals surface area contributed by atoms with E-state index in [1.807, 2.05) is 0 Å². The zero-order chi connectivity index (χ0) is 67.8. The minimum absolute atomic E-state index is 0.216. The molecule has 3 nitrogen and oxygen atoms in total. The molecule has 0 spiro atoms. The highest BCUT2D eigenvalue weighted by atomic mass is 19.2. The zero-order valence-corrected chi connectivity index (χ0v) is 39.8. The number of halogens is 36. The van der Waals surface area contributed by atoms with E-state index >= 15 is 0 Å². The molecule has 0 amide bonds. The molecule has 8 aromatic carbocycles. The van der Waals surface area contributed by atoms with Gasteiger partial charge in [0.05, 0.1) is 22.3 Å². The Labute approximate surface area is 458 Å². The number of hydrogen-bond donors (Lipinski definition) is 3. The van der Waals surface area contributed by atoms with Crippen LogP contribution >= 0.6 is 0 Å². The summed E-state index contributed by atoms with van der Waals surface area (Å²) in [6, 6.07) is -0.865. The molecular weight excluding hydrogens is 1320 g/mol. The van der Waals surface area contributed by atoms with E-state index in [2.05, 4.69) is 0 Å². The van der Waals surface area contributed by atoms with Gasteiger partial charge in [0.25, 0.3) is 0 Å². The maximum Gasteiger partial charge on any atom is 0.631 e. The van der Waals surface area contributed by atoms with Gasteiger partial charge in [0, 0.05) is 22.3 Å². The molecule has 0 atom stereocenters. The van der Waals surface area contributed by atoms with Crippen LogP contribution in [-0.2, 0) is 0 Å². The molecule has 0 unspecified atom stereocenters. The van der Waals surface area contributed by atoms with Crippen molar-refractivity contribution in [1.82, 2.24) is 0 Å². The number of hydrogen-bond acceptors (Lipinski definition) is 3. The van der Waals surface area contributed by atoms with Crippen molar-refractivity contribution in [3.05, 3.63) is 234 Å². The molecule has 0 radical (unpaired) electrons. The second kappa shape index (κ2) is 27.5. The van der Waals surface area contributed by atoms with E-state index in [9.17, 15) is 158 Å². The Kier molecular flexibility index (Phi) is 22.4. The molecule has 0 aromatic heterocycles. The Hall–Kier alpha value is -8.82. The summed E-state index contributed by atoms with van der Waals surface area (Å²) in [5.41, 5.74) is -14.2. The molecule has 0 fully saturated rings. The van der Waals surface area contributed by atoms with Crippen molar-refractivity contribution >= 4 is 7.32 Å². The van der Waals surface area contributed by atoms with Crippen LogP contribution in [0.5, 0.6) is 0 Å². The second-order valence-electron chi connectivity index (χ2n) is 15.5. The highest BCUT2D eigenvalue weighted by Crippen LogP contribution is 2.40. The highest BCUT2D eigenvalue weighted by molar-refractivity contribution is 6.30. The SMILES string of the molecule is Fc1cc(-c2c(F)c(F)c(F)c(F)c2F)c(F)c(F)c1F.Fc1cc(-c2c(F)c(F)c(F)c(F)c2F)c(F)c(F)c1F.Fc1cc(-c2c(F)c(F)c(F)c(F)c2F)c(F)c(F)c1F.Fc1cc(-c2c(F)c(F)c(F)c(F)c2F)c(F)c(F)c1F.OB(O)O. The van der Waals surface area contributed by atoms with Crippen LogP contribution in [0.15, 0.2) is 24.3 Å². The van der Waals surface area contributed by atoms with Gasteiger partial charge < -0.3 is 15.1 Å². The van der Waals surface area contributed by atoms with E-state index in [1.54, 1.807) is 0 Å². The molecule has 472 valence electrons. The predicted octanol–water partition coefficient (Wildman–Crippen LogP) is 16.4. The lowest BCUT2D eigenvalue weighted by Crippen LogP contribution is -2.07. The van der Waals surface area contributed by atoms with Gasteiger partial charge in [-0.2, -0.15) is 0 Å². The first-order chi connectivity index (χ1) is 40.4. The van der Waals surface area contributed by atoms with Gasteiger partial charge in [-0.1, -0.05) is 0 Å². The standard InChI is InChI=1S/4C12HF9.BH3O3/c4*13-3-1-2(5(14)9(18)6(3)15)4-7(16)10(19)12(21)11(20)8(4)17;2-1(3)4/h4*1H;2-4H. The molecule has 0 heterocycles. The molecule has 40 heteroatoms. The molecule has 88 heavy (non-hydrogen) atoms. The lowest BCUT2D eigenvalue weighted by Gasteiger charge is -2.10. The van der Waals surface area contributed by atoms with Gasteiger partial charge in [-0.25, -0.2) is 158 Å². The fourth-order valence-electron chi connectivity index (χ4n) is 6.38. The van der Waals surface area contributed by atoms with Crippen LogP contribution in [0.4, 0.5) is 158 Å². The molecule has 8 rings (SSSR count). The Morgan fingerprint density at radius 3 is 0.352 bits per heavy atom. The Balaban J connectivity index is 0.000000246. The largest absolute Gasteiger partial charge is 0.631 e. The minimum atomic E-state index is -2.53. The average Bonchev–Trinajstić information content (AvgIpc) is 2.38. The van der Waals surface area contributed by atoms with Crippen LogP contribution in [0.25, 0.3) is 44.5 Å². The Morgan fingerprint density at radius 2 is 0.239 bits per heavy atom. The molecule has 0 aliphatic heterocycles. The smallest absolute Gasteiger partial charge is 0.402 e. The van der Waals surface area contributed by atoms with Gasteiger partial charge in [-0.15, -0.1) is 0 Å². The first kappa shape index (κ1) is 71.7. The van der Waals surface area contributed by atoms with Crippen LogP contribution in [-0.4, -0.2) is 22.4 Å². The van der Waals surface area contributed by atoms with Crippen molar-refractivity contribution < 1.29 is 173 Å². The van der Waals surface area contributed by atoms with Gasteiger partial charge >= 0.3 is 7.32 Å². The molecule has 0 aliphatic rings. The van der Waals surface area contributed by atoms with Crippen LogP contribution < -0.4 is 0 Å². The predicted molar refractivity (Wildman–Crippen MR) is 218 cm³/mol. The van der Waals surface area contributed by atoms with E-state index in [0.29, 0.717) is 0 Å². The van der Waals surface area contributed by atoms with Crippen molar-refractivity contribution in [2.75, 3.05) is 0 Å². The minimum Gasteiger partial charge on any atom is -0.402 e. The lowest BCUT2D eigenvalue weighted by molar-refractivity contribution is 0.278. The summed E-state index contributed by atoms with van der Waals surface area (Å²) in [6.07, 6.45) is 0. The third-order valence-electron chi connectivity index (χ3n) is 10.3. The third-order valence-corrected chi connectivity index (χ3v) is 10.3. The van der Waals surface area contributed by atoms with Gasteiger partial charge in [0.2, 0.25) is 23.3 Å². The molecule has 0 saturated heterocycles. The van der Waals surface area contributed by atoms with Crippen molar-refractivity contribution in [3.8, 4) is 44.5 Å². The monoisotopic (exact) mass is 1330 g/mol. The number of rotatable bonds is 4. The zero-order valence-electron chi connectivity index (χ0n) is 39.8. The fourth-order valence-corrected chi connectivity index (χ4v) is 6.38. The summed E-state index contributed by atoms with van der Waals surface area (Å²) in [5, 5.41) is 21.5. The molecule has 3 N–H and O–H groups in total. The summed E-state index contributed by atoms with van der Waals surface area (Å²) >= 11 is 0. The summed E-state index contributed by atoms with van der Waals surface area (Å²) in [7, 11) is -2.17. The van der Waals surface area contributed by atoms with Gasteiger partial charge in [-0.05, 0) is 24.3 Å². The summed E-state index contributed by atoms with van der Waals surface area (Å²) in [5.74, 6) is -86.0. The maximum atomic E-state index is 13.4. The summed E-state index contributed by atoms with van der Waals surface area (Å²) in [4.78, 5) is 0. The number of benzene rings is 8. The van der Waals surface area contributed by atoms with E-state index in [4.69, 9.17) is 15.1 Å². The Morgan fingerprint density at radius 1 is 0.148 bits per heavy atom. The van der Waals surface area contributed by atoms with Crippen LogP contribution in [0, 0.1) is 209 Å². The van der Waals surface area contributed by atoms with E-state index < -0.39 is 261 Å². The quantitative estimate of drug-likeness (QED) is 0.0712. The highest BCUT2D eigenvalue weighted by Gasteiger charge is 2.35. The van der Waals surface area contributed by atoms with Crippen molar-refractivity contribution in [3.63, 3.8) is 0 Å². The van der Waals surface area contributed by atoms with Crippen molar-refractivity contribution in [2.24, 2.45) is 0 Å². The van der Waals surface area contributed by atoms with E-state index in [1.165, 1.54) is 0 Å². The Bertz CT molecular complexity index is 3480. The van der Waals surface area contributed by atoms with Crippen LogP contribution in [0.3, 0.4) is 0 Å². The van der Waals surface area contributed by atoms with Gasteiger partial charge in [-0.3, -0.25) is 0 Å². The fraction of sp³-hybridized carbons (Fsp3) is 0. The second-order valence-corrected chi connectivity index (χ2v) is 15.5. The van der Waals surface area contributed by atoms with Gasteiger partial charge in [0.1, 0.15) is 0 Å². The maximum absolute atomic E-state index is 13.4. The molecule has 0 aliphatic carbocycles. The first-order valence-corrected chi connectivity index (χ1v) is 20.9. The van der Waals surface area contributed by atoms with E-state index in [-0.39, 0.29) is 24.3 Å². The molecule has 8 aromatic rings. The molecule has 0 bridgehead atoms. The van der Waals surface area contributed by atoms with Gasteiger partial charge in [0.15, 0.2) is 186 Å². The lowest BCUT2D eigenvalue weighted by atomic mass is 10.0. The van der Waals surface area contributed by atoms with Crippen molar-refractivity contribution in [2.45, 2.75) is 0 Å². The van der Waals surface area contributed by atoms with Crippen LogP contribution in [0.2, 0.25) is 0 Å². The molecular formula is C48H7BF36O3. The topological polar surface area (TPSA) is 60.7 Å². The van der Waals surface area contributed by atoms with Crippen LogP contribution in [0.1, 0.15) is 0 Å². The first-order valence-electron chi connectivity index (χ1n) is 20.9. The van der Waals surface area contributed by atoms with Crippen molar-refractivity contribution in [1.29, 1.82) is 0 Å². The summed E-state index contributed by atoms with van der Waals surface area (Å²) < 4.78 is 470. The average molecular weight is 1330 g/mol. The van der Waals surface area contributed by atoms with E-state index in [0.717, 1.165) is 0 Å². The summed E-state index contributed by atoms with van der Waals surface area (Å²) in [6.45, 7) is 0. The molecule has 0 saturated carbocycles. The normalized spacial score (nSPS) is 10.9. The third kappa shape index (κ3) is 13.4.